The van der Waals surface area contributed by atoms with Gasteiger partial charge in [-0.3, -0.25) is 19.4 Å². The predicted octanol–water partition coefficient (Wildman–Crippen LogP) is 0.502. The van der Waals surface area contributed by atoms with Crippen molar-refractivity contribution < 1.29 is 19.5 Å². The Morgan fingerprint density at radius 1 is 1.45 bits per heavy atom. The minimum atomic E-state index is -0.914. The van der Waals surface area contributed by atoms with E-state index < -0.39 is 17.5 Å². The zero-order valence-corrected chi connectivity index (χ0v) is 12.5. The van der Waals surface area contributed by atoms with E-state index in [-0.39, 0.29) is 25.0 Å². The molecule has 7 heteroatoms. The maximum atomic E-state index is 12.0. The second-order valence-electron chi connectivity index (χ2n) is 5.63. The monoisotopic (exact) mass is 285 g/mol. The van der Waals surface area contributed by atoms with Crippen LogP contribution in [0.4, 0.5) is 4.79 Å². The lowest BCUT2D eigenvalue weighted by atomic mass is 10.1. The third-order valence-electron chi connectivity index (χ3n) is 3.61. The van der Waals surface area contributed by atoms with E-state index in [1.807, 2.05) is 13.8 Å². The first kappa shape index (κ1) is 16.4. The molecule has 1 saturated heterocycles. The summed E-state index contributed by atoms with van der Waals surface area (Å²) in [6.07, 6.45) is 0.804. The van der Waals surface area contributed by atoms with Crippen molar-refractivity contribution in [1.82, 2.24) is 15.1 Å². The van der Waals surface area contributed by atoms with Crippen LogP contribution in [0.3, 0.4) is 0 Å². The summed E-state index contributed by atoms with van der Waals surface area (Å²) in [5.41, 5.74) is -0.884. The standard InChI is InChI=1S/C13H23N3O4/c1-5-9(2)15(8-10(17)18)6-7-16-11(19)13(3,4)14-12(16)20/h9H,5-8H2,1-4H3,(H,14,20)(H,17,18)/t9-/m1/s1. The molecule has 0 unspecified atom stereocenters. The Morgan fingerprint density at radius 2 is 2.05 bits per heavy atom. The second kappa shape index (κ2) is 6.21. The van der Waals surface area contributed by atoms with Gasteiger partial charge in [-0.25, -0.2) is 4.79 Å². The molecule has 7 nitrogen and oxygen atoms in total. The Morgan fingerprint density at radius 3 is 2.45 bits per heavy atom. The van der Waals surface area contributed by atoms with E-state index in [0.717, 1.165) is 11.3 Å². The van der Waals surface area contributed by atoms with Crippen LogP contribution < -0.4 is 5.32 Å². The molecule has 3 amide bonds. The number of nitrogens with one attached hydrogen (secondary N) is 1. The number of hydrogen-bond donors (Lipinski definition) is 2. The van der Waals surface area contributed by atoms with E-state index in [2.05, 4.69) is 5.32 Å². The van der Waals surface area contributed by atoms with Gasteiger partial charge in [-0.05, 0) is 27.2 Å². The average molecular weight is 285 g/mol. The van der Waals surface area contributed by atoms with Crippen LogP contribution in [0, 0.1) is 0 Å². The lowest BCUT2D eigenvalue weighted by Gasteiger charge is -2.28. The number of carbonyl (C=O) groups is 3. The highest BCUT2D eigenvalue weighted by Crippen LogP contribution is 2.16. The molecular formula is C13H23N3O4. The van der Waals surface area contributed by atoms with Gasteiger partial charge in [-0.2, -0.15) is 0 Å². The lowest BCUT2D eigenvalue weighted by molar-refractivity contribution is -0.138. The number of carbonyl (C=O) groups excluding carboxylic acids is 2. The smallest absolute Gasteiger partial charge is 0.325 e. The molecule has 1 fully saturated rings. The Kier molecular flexibility index (Phi) is 5.10. The summed E-state index contributed by atoms with van der Waals surface area (Å²) in [6, 6.07) is -0.334. The SMILES string of the molecule is CC[C@@H](C)N(CCN1C(=O)NC(C)(C)C1=O)CC(=O)O. The first-order chi connectivity index (χ1) is 9.19. The molecule has 1 atom stereocenters. The fraction of sp³-hybridized carbons (Fsp3) is 0.769. The number of imide groups is 1. The van der Waals surface area contributed by atoms with Crippen molar-refractivity contribution in [3.8, 4) is 0 Å². The van der Waals surface area contributed by atoms with Gasteiger partial charge in [-0.15, -0.1) is 0 Å². The van der Waals surface area contributed by atoms with Crippen molar-refractivity contribution in [2.24, 2.45) is 0 Å². The molecule has 0 radical (unpaired) electrons. The van der Waals surface area contributed by atoms with Crippen molar-refractivity contribution in [3.63, 3.8) is 0 Å². The molecule has 0 saturated carbocycles. The zero-order chi connectivity index (χ0) is 15.5. The first-order valence-electron chi connectivity index (χ1n) is 6.79. The van der Waals surface area contributed by atoms with E-state index in [4.69, 9.17) is 5.11 Å². The fourth-order valence-corrected chi connectivity index (χ4v) is 2.14. The van der Waals surface area contributed by atoms with Gasteiger partial charge in [0.15, 0.2) is 0 Å². The van der Waals surface area contributed by atoms with Gasteiger partial charge in [-0.1, -0.05) is 6.92 Å². The minimum absolute atomic E-state index is 0.0832. The lowest BCUT2D eigenvalue weighted by Crippen LogP contribution is -2.45. The number of nitrogens with zero attached hydrogens (tertiary/aromatic N) is 2. The fourth-order valence-electron chi connectivity index (χ4n) is 2.14. The van der Waals surface area contributed by atoms with Crippen LogP contribution in [0.2, 0.25) is 0 Å². The first-order valence-corrected chi connectivity index (χ1v) is 6.79. The van der Waals surface area contributed by atoms with Gasteiger partial charge < -0.3 is 10.4 Å². The summed E-state index contributed by atoms with van der Waals surface area (Å²) >= 11 is 0. The number of carboxylic acids is 1. The topological polar surface area (TPSA) is 90.0 Å². The predicted molar refractivity (Wildman–Crippen MR) is 73.3 cm³/mol. The minimum Gasteiger partial charge on any atom is -0.480 e. The van der Waals surface area contributed by atoms with Crippen molar-refractivity contribution in [2.45, 2.75) is 45.7 Å². The van der Waals surface area contributed by atoms with Crippen molar-refractivity contribution in [1.29, 1.82) is 0 Å². The van der Waals surface area contributed by atoms with Gasteiger partial charge in [0.2, 0.25) is 0 Å². The third kappa shape index (κ3) is 3.69. The molecule has 0 spiro atoms. The molecule has 1 aliphatic heterocycles. The highest BCUT2D eigenvalue weighted by Gasteiger charge is 2.44. The molecule has 1 heterocycles. The molecule has 114 valence electrons. The molecule has 20 heavy (non-hydrogen) atoms. The van der Waals surface area contributed by atoms with E-state index in [1.165, 1.54) is 0 Å². The normalized spacial score (nSPS) is 19.4. The van der Waals surface area contributed by atoms with Crippen LogP contribution in [0.5, 0.6) is 0 Å². The molecule has 0 aromatic rings. The zero-order valence-electron chi connectivity index (χ0n) is 12.5. The Labute approximate surface area is 118 Å². The summed E-state index contributed by atoms with van der Waals surface area (Å²) in [7, 11) is 0. The maximum Gasteiger partial charge on any atom is 0.325 e. The molecule has 0 aromatic heterocycles. The highest BCUT2D eigenvalue weighted by molar-refractivity contribution is 6.06. The number of hydrogen-bond acceptors (Lipinski definition) is 4. The Bertz CT molecular complexity index is 408. The number of aliphatic carboxylic acids is 1. The molecule has 2 N–H and O–H groups in total. The van der Waals surface area contributed by atoms with Gasteiger partial charge in [0.05, 0.1) is 6.54 Å². The van der Waals surface area contributed by atoms with Crippen molar-refractivity contribution >= 4 is 17.9 Å². The molecule has 0 aliphatic carbocycles. The summed E-state index contributed by atoms with van der Waals surface area (Å²) in [4.78, 5) is 37.5. The van der Waals surface area contributed by atoms with Crippen LogP contribution in [0.25, 0.3) is 0 Å². The quantitative estimate of drug-likeness (QED) is 0.665. The Hall–Kier alpha value is -1.63. The van der Waals surface area contributed by atoms with E-state index in [0.29, 0.717) is 6.54 Å². The van der Waals surface area contributed by atoms with Gasteiger partial charge in [0, 0.05) is 19.1 Å². The van der Waals surface area contributed by atoms with Gasteiger partial charge >= 0.3 is 12.0 Å². The van der Waals surface area contributed by atoms with Crippen LogP contribution in [0.15, 0.2) is 0 Å². The molecular weight excluding hydrogens is 262 g/mol. The summed E-state index contributed by atoms with van der Waals surface area (Å²) in [6.45, 7) is 7.66. The summed E-state index contributed by atoms with van der Waals surface area (Å²) in [5.74, 6) is -1.19. The molecule has 0 bridgehead atoms. The van der Waals surface area contributed by atoms with Gasteiger partial charge in [0.1, 0.15) is 5.54 Å². The second-order valence-corrected chi connectivity index (χ2v) is 5.63. The van der Waals surface area contributed by atoms with Crippen molar-refractivity contribution in [3.05, 3.63) is 0 Å². The number of carboxylic acid groups (broad SMARTS) is 1. The largest absolute Gasteiger partial charge is 0.480 e. The number of rotatable bonds is 7. The number of urea groups is 1. The molecule has 1 rings (SSSR count). The van der Waals surface area contributed by atoms with Crippen LogP contribution in [-0.4, -0.2) is 64.0 Å². The van der Waals surface area contributed by atoms with Crippen LogP contribution in [0.1, 0.15) is 34.1 Å². The highest BCUT2D eigenvalue weighted by atomic mass is 16.4. The van der Waals surface area contributed by atoms with E-state index in [1.54, 1.807) is 18.7 Å². The van der Waals surface area contributed by atoms with Gasteiger partial charge in [0.25, 0.3) is 5.91 Å². The van der Waals surface area contributed by atoms with Crippen LogP contribution in [-0.2, 0) is 9.59 Å². The summed E-state index contributed by atoms with van der Waals surface area (Å²) < 4.78 is 0. The number of amides is 3. The third-order valence-corrected chi connectivity index (χ3v) is 3.61. The molecule has 1 aliphatic rings. The van der Waals surface area contributed by atoms with Crippen LogP contribution >= 0.6 is 0 Å². The summed E-state index contributed by atoms with van der Waals surface area (Å²) in [5, 5.41) is 11.5. The average Bonchev–Trinajstić information content (AvgIpc) is 2.53. The molecule has 0 aromatic carbocycles. The van der Waals surface area contributed by atoms with Crippen molar-refractivity contribution in [2.75, 3.05) is 19.6 Å². The Balaban J connectivity index is 2.66. The van der Waals surface area contributed by atoms with E-state index >= 15 is 0 Å². The van der Waals surface area contributed by atoms with E-state index in [9.17, 15) is 14.4 Å². The maximum absolute atomic E-state index is 12.0.